The SMILES string of the molecule is Cc1cnc(C(=O)Cc2ccc(CCC(N)=O)cc2C2=CCC(C)(C)CC2)[nH]1. The van der Waals surface area contributed by atoms with Crippen molar-refractivity contribution in [2.45, 2.75) is 59.3 Å². The molecule has 0 unspecified atom stereocenters. The number of hydrogen-bond donors (Lipinski definition) is 2. The van der Waals surface area contributed by atoms with Crippen LogP contribution in [0.15, 0.2) is 30.5 Å². The quantitative estimate of drug-likeness (QED) is 0.708. The number of hydrogen-bond acceptors (Lipinski definition) is 3. The third kappa shape index (κ3) is 4.97. The fourth-order valence-corrected chi connectivity index (χ4v) is 3.63. The first-order valence-corrected chi connectivity index (χ1v) is 9.88. The molecule has 2 aromatic rings. The number of primary amides is 1. The molecule has 5 nitrogen and oxygen atoms in total. The highest BCUT2D eigenvalue weighted by atomic mass is 16.1. The fraction of sp³-hybridized carbons (Fsp3) is 0.435. The van der Waals surface area contributed by atoms with E-state index in [9.17, 15) is 9.59 Å². The molecule has 148 valence electrons. The van der Waals surface area contributed by atoms with Gasteiger partial charge in [0.05, 0.1) is 0 Å². The summed E-state index contributed by atoms with van der Waals surface area (Å²) in [4.78, 5) is 31.0. The number of carbonyl (C=O) groups is 2. The van der Waals surface area contributed by atoms with Crippen LogP contribution < -0.4 is 5.73 Å². The van der Waals surface area contributed by atoms with Gasteiger partial charge in [-0.1, -0.05) is 38.1 Å². The predicted octanol–water partition coefficient (Wildman–Crippen LogP) is 4.15. The molecule has 0 bridgehead atoms. The Hall–Kier alpha value is -2.69. The van der Waals surface area contributed by atoms with Gasteiger partial charge in [0.25, 0.3) is 0 Å². The normalized spacial score (nSPS) is 15.9. The lowest BCUT2D eigenvalue weighted by Gasteiger charge is -2.29. The lowest BCUT2D eigenvalue weighted by molar-refractivity contribution is -0.117. The van der Waals surface area contributed by atoms with Crippen LogP contribution in [0.3, 0.4) is 0 Å². The molecule has 3 N–H and O–H groups in total. The van der Waals surface area contributed by atoms with E-state index in [-0.39, 0.29) is 11.7 Å². The maximum absolute atomic E-state index is 12.7. The molecule has 1 aliphatic carbocycles. The highest BCUT2D eigenvalue weighted by Crippen LogP contribution is 2.39. The number of ketones is 1. The monoisotopic (exact) mass is 379 g/mol. The van der Waals surface area contributed by atoms with Gasteiger partial charge in [-0.2, -0.15) is 0 Å². The fourth-order valence-electron chi connectivity index (χ4n) is 3.63. The number of Topliss-reactive ketones (excluding diaryl/α,β-unsaturated/α-hetero) is 1. The molecule has 0 aliphatic heterocycles. The Morgan fingerprint density at radius 3 is 2.68 bits per heavy atom. The number of nitrogens with one attached hydrogen (secondary N) is 1. The molecular weight excluding hydrogens is 350 g/mol. The van der Waals surface area contributed by atoms with E-state index in [1.807, 2.05) is 19.1 Å². The Labute approximate surface area is 166 Å². The van der Waals surface area contributed by atoms with Gasteiger partial charge < -0.3 is 10.7 Å². The summed E-state index contributed by atoms with van der Waals surface area (Å²) >= 11 is 0. The number of aromatic nitrogens is 2. The number of H-pyrrole nitrogens is 1. The number of nitrogens with two attached hydrogens (primary N) is 1. The first-order valence-electron chi connectivity index (χ1n) is 9.88. The second kappa shape index (κ2) is 8.13. The molecule has 0 radical (unpaired) electrons. The predicted molar refractivity (Wildman–Crippen MR) is 111 cm³/mol. The van der Waals surface area contributed by atoms with E-state index in [2.05, 4.69) is 36.0 Å². The van der Waals surface area contributed by atoms with Crippen LogP contribution >= 0.6 is 0 Å². The van der Waals surface area contributed by atoms with Gasteiger partial charge in [0.15, 0.2) is 5.82 Å². The molecule has 1 aliphatic rings. The third-order valence-electron chi connectivity index (χ3n) is 5.47. The minimum absolute atomic E-state index is 0.0176. The Bertz CT molecular complexity index is 922. The Morgan fingerprint density at radius 2 is 2.07 bits per heavy atom. The lowest BCUT2D eigenvalue weighted by atomic mass is 9.76. The van der Waals surface area contributed by atoms with E-state index in [1.165, 1.54) is 5.57 Å². The van der Waals surface area contributed by atoms with Crippen LogP contribution in [0.5, 0.6) is 0 Å². The number of imidazole rings is 1. The first kappa shape index (κ1) is 20.1. The molecule has 0 saturated carbocycles. The summed E-state index contributed by atoms with van der Waals surface area (Å²) in [7, 11) is 0. The number of carbonyl (C=O) groups excluding carboxylic acids is 2. The van der Waals surface area contributed by atoms with Gasteiger partial charge in [-0.3, -0.25) is 9.59 Å². The molecule has 1 amide bonds. The number of nitrogens with zero attached hydrogens (tertiary/aromatic N) is 1. The molecule has 1 aromatic carbocycles. The van der Waals surface area contributed by atoms with Crippen molar-refractivity contribution in [2.24, 2.45) is 11.1 Å². The van der Waals surface area contributed by atoms with Gasteiger partial charge in [0.1, 0.15) is 0 Å². The molecule has 0 spiro atoms. The Morgan fingerprint density at radius 1 is 1.29 bits per heavy atom. The van der Waals surface area contributed by atoms with Crippen molar-refractivity contribution in [1.82, 2.24) is 9.97 Å². The number of benzene rings is 1. The van der Waals surface area contributed by atoms with Crippen LogP contribution in [0.4, 0.5) is 0 Å². The summed E-state index contributed by atoms with van der Waals surface area (Å²) in [6, 6.07) is 6.14. The molecule has 0 fully saturated rings. The minimum atomic E-state index is -0.298. The smallest absolute Gasteiger partial charge is 0.217 e. The lowest BCUT2D eigenvalue weighted by Crippen LogP contribution is -2.15. The summed E-state index contributed by atoms with van der Waals surface area (Å²) in [5.41, 5.74) is 11.0. The van der Waals surface area contributed by atoms with Gasteiger partial charge in [0.2, 0.25) is 11.7 Å². The summed E-state index contributed by atoms with van der Waals surface area (Å²) in [5.74, 6) is 0.0867. The second-order valence-corrected chi connectivity index (χ2v) is 8.57. The van der Waals surface area contributed by atoms with Crippen molar-refractivity contribution in [2.75, 3.05) is 0 Å². The summed E-state index contributed by atoms with van der Waals surface area (Å²) in [6.45, 7) is 6.46. The third-order valence-corrected chi connectivity index (χ3v) is 5.47. The molecule has 1 aromatic heterocycles. The molecule has 28 heavy (non-hydrogen) atoms. The average Bonchev–Trinajstić information content (AvgIpc) is 3.07. The largest absolute Gasteiger partial charge is 0.370 e. The summed E-state index contributed by atoms with van der Waals surface area (Å²) < 4.78 is 0. The topological polar surface area (TPSA) is 88.8 Å². The van der Waals surface area contributed by atoms with Crippen molar-refractivity contribution in [3.63, 3.8) is 0 Å². The number of aryl methyl sites for hydroxylation is 2. The van der Waals surface area contributed by atoms with E-state index in [0.29, 0.717) is 30.5 Å². The summed E-state index contributed by atoms with van der Waals surface area (Å²) in [6.07, 6.45) is 8.37. The van der Waals surface area contributed by atoms with Crippen LogP contribution in [0.1, 0.15) is 72.5 Å². The molecule has 3 rings (SSSR count). The number of rotatable bonds is 7. The first-order chi connectivity index (χ1) is 13.2. The van der Waals surface area contributed by atoms with Crippen LogP contribution in [-0.2, 0) is 17.6 Å². The van der Waals surface area contributed by atoms with Crippen molar-refractivity contribution in [1.29, 1.82) is 0 Å². The van der Waals surface area contributed by atoms with Crippen LogP contribution in [0.2, 0.25) is 0 Å². The van der Waals surface area contributed by atoms with Crippen molar-refractivity contribution in [3.8, 4) is 0 Å². The van der Waals surface area contributed by atoms with Gasteiger partial charge in [-0.15, -0.1) is 0 Å². The van der Waals surface area contributed by atoms with Gasteiger partial charge in [0, 0.05) is 24.7 Å². The zero-order chi connectivity index (χ0) is 20.3. The number of allylic oxidation sites excluding steroid dienone is 2. The number of amides is 1. The zero-order valence-corrected chi connectivity index (χ0v) is 17.0. The highest BCUT2D eigenvalue weighted by Gasteiger charge is 2.24. The van der Waals surface area contributed by atoms with E-state index >= 15 is 0 Å². The average molecular weight is 380 g/mol. The second-order valence-electron chi connectivity index (χ2n) is 8.57. The van der Waals surface area contributed by atoms with Gasteiger partial charge in [-0.05, 0) is 60.3 Å². The molecule has 1 heterocycles. The van der Waals surface area contributed by atoms with Crippen LogP contribution in [-0.4, -0.2) is 21.7 Å². The Balaban J connectivity index is 1.90. The van der Waals surface area contributed by atoms with Crippen LogP contribution in [0, 0.1) is 12.3 Å². The van der Waals surface area contributed by atoms with Crippen molar-refractivity contribution in [3.05, 3.63) is 58.7 Å². The highest BCUT2D eigenvalue weighted by molar-refractivity contribution is 5.95. The zero-order valence-electron chi connectivity index (χ0n) is 17.0. The van der Waals surface area contributed by atoms with Gasteiger partial charge >= 0.3 is 0 Å². The van der Waals surface area contributed by atoms with E-state index < -0.39 is 0 Å². The van der Waals surface area contributed by atoms with Gasteiger partial charge in [-0.25, -0.2) is 4.98 Å². The molecule has 0 atom stereocenters. The maximum atomic E-state index is 12.7. The van der Waals surface area contributed by atoms with Crippen molar-refractivity contribution < 1.29 is 9.59 Å². The maximum Gasteiger partial charge on any atom is 0.217 e. The minimum Gasteiger partial charge on any atom is -0.370 e. The van der Waals surface area contributed by atoms with Crippen molar-refractivity contribution >= 4 is 17.3 Å². The Kier molecular flexibility index (Phi) is 5.82. The van der Waals surface area contributed by atoms with E-state index in [0.717, 1.165) is 41.6 Å². The van der Waals surface area contributed by atoms with Crippen LogP contribution in [0.25, 0.3) is 5.57 Å². The molecular formula is C23H29N3O2. The molecule has 5 heteroatoms. The molecule has 0 saturated heterocycles. The van der Waals surface area contributed by atoms with E-state index in [1.54, 1.807) is 6.20 Å². The standard InChI is InChI=1S/C23H29N3O2/c1-15-14-25-22(26-15)20(27)13-18-6-4-16(5-7-21(24)28)12-19(18)17-8-10-23(2,3)11-9-17/h4,6,8,12,14H,5,7,9-11,13H2,1-3H3,(H2,24,28)(H,25,26). The van der Waals surface area contributed by atoms with E-state index in [4.69, 9.17) is 5.73 Å². The summed E-state index contributed by atoms with van der Waals surface area (Å²) in [5, 5.41) is 0. The number of aromatic amines is 1.